The average Bonchev–Trinajstić information content (AvgIpc) is 3.45. The average molecular weight is 471 g/mol. The molecule has 0 radical (unpaired) electrons. The first kappa shape index (κ1) is 22.0. The van der Waals surface area contributed by atoms with Crippen molar-refractivity contribution < 1.29 is 22.4 Å². The first-order valence-electron chi connectivity index (χ1n) is 9.93. The highest BCUT2D eigenvalue weighted by molar-refractivity contribution is 7.91. The molecule has 0 fully saturated rings. The van der Waals surface area contributed by atoms with Gasteiger partial charge in [0.25, 0.3) is 0 Å². The van der Waals surface area contributed by atoms with E-state index in [1.165, 1.54) is 22.5 Å². The Morgan fingerprint density at radius 1 is 1.12 bits per heavy atom. The molecule has 0 saturated heterocycles. The van der Waals surface area contributed by atoms with Gasteiger partial charge in [-0.05, 0) is 43.3 Å². The number of methoxy groups -OCH3 is 1. The Bertz CT molecular complexity index is 1330. The number of furan rings is 1. The number of para-hydroxylation sites is 1. The first-order valence-corrected chi connectivity index (χ1v) is 12.4. The molecule has 2 heterocycles. The molecule has 7 nitrogen and oxygen atoms in total. The van der Waals surface area contributed by atoms with Crippen LogP contribution in [0.5, 0.6) is 5.75 Å². The highest BCUT2D eigenvalue weighted by atomic mass is 32.2. The van der Waals surface area contributed by atoms with Crippen molar-refractivity contribution in [3.05, 3.63) is 72.2 Å². The van der Waals surface area contributed by atoms with Gasteiger partial charge >= 0.3 is 0 Å². The zero-order valence-electron chi connectivity index (χ0n) is 17.6. The molecule has 0 aliphatic heterocycles. The third-order valence-corrected chi connectivity index (χ3v) is 7.76. The quantitative estimate of drug-likeness (QED) is 0.374. The number of nitrogens with zero attached hydrogens (tertiary/aromatic N) is 2. The van der Waals surface area contributed by atoms with Gasteiger partial charge in [0, 0.05) is 6.42 Å². The minimum atomic E-state index is -3.59. The minimum absolute atomic E-state index is 0.151. The molecular formula is C23H22N2O5S2. The van der Waals surface area contributed by atoms with Crippen molar-refractivity contribution in [1.82, 2.24) is 4.98 Å². The Kier molecular flexibility index (Phi) is 6.29. The Hall–Kier alpha value is -3.17. The predicted molar refractivity (Wildman–Crippen MR) is 124 cm³/mol. The zero-order chi connectivity index (χ0) is 22.7. The van der Waals surface area contributed by atoms with Crippen LogP contribution in [-0.4, -0.2) is 32.2 Å². The molecule has 2 aromatic carbocycles. The third-order valence-electron chi connectivity index (χ3n) is 4.98. The van der Waals surface area contributed by atoms with E-state index in [0.717, 1.165) is 10.3 Å². The lowest BCUT2D eigenvalue weighted by Gasteiger charge is -2.18. The van der Waals surface area contributed by atoms with E-state index in [2.05, 4.69) is 4.98 Å². The van der Waals surface area contributed by atoms with Crippen LogP contribution in [0.3, 0.4) is 0 Å². The van der Waals surface area contributed by atoms with E-state index in [4.69, 9.17) is 9.15 Å². The largest absolute Gasteiger partial charge is 0.494 e. The van der Waals surface area contributed by atoms with Gasteiger partial charge in [0.2, 0.25) is 5.91 Å². The summed E-state index contributed by atoms with van der Waals surface area (Å²) in [5.74, 6) is 0.538. The van der Waals surface area contributed by atoms with Crippen LogP contribution in [0.2, 0.25) is 0 Å². The SMILES string of the molecule is COc1cccc2sc(N(Cc3ccco3)C(=O)CCS(=O)(=O)c3ccc(C)cc3)nc12. The van der Waals surface area contributed by atoms with Crippen molar-refractivity contribution in [1.29, 1.82) is 0 Å². The van der Waals surface area contributed by atoms with E-state index in [0.29, 0.717) is 22.2 Å². The number of thiazole rings is 1. The van der Waals surface area contributed by atoms with Gasteiger partial charge in [0.1, 0.15) is 17.0 Å². The summed E-state index contributed by atoms with van der Waals surface area (Å²) in [6.45, 7) is 2.04. The van der Waals surface area contributed by atoms with Gasteiger partial charge in [-0.1, -0.05) is 35.1 Å². The fraction of sp³-hybridized carbons (Fsp3) is 0.217. The van der Waals surface area contributed by atoms with Crippen LogP contribution < -0.4 is 9.64 Å². The number of sulfone groups is 1. The standard InChI is InChI=1S/C23H22N2O5S2/c1-16-8-10-18(11-9-16)32(27,28)14-12-21(26)25(15-17-5-4-13-30-17)23-24-22-19(29-2)6-3-7-20(22)31-23/h3-11,13H,12,14-15H2,1-2H3. The maximum absolute atomic E-state index is 13.2. The van der Waals surface area contributed by atoms with E-state index in [1.54, 1.807) is 49.6 Å². The van der Waals surface area contributed by atoms with Crippen molar-refractivity contribution in [3.8, 4) is 5.75 Å². The molecule has 0 N–H and O–H groups in total. The molecule has 0 spiro atoms. The smallest absolute Gasteiger partial charge is 0.230 e. The second-order valence-corrected chi connectivity index (χ2v) is 10.4. The lowest BCUT2D eigenvalue weighted by molar-refractivity contribution is -0.118. The maximum atomic E-state index is 13.2. The van der Waals surface area contributed by atoms with Crippen LogP contribution in [0.4, 0.5) is 5.13 Å². The number of carbonyl (C=O) groups is 1. The van der Waals surface area contributed by atoms with E-state index in [9.17, 15) is 13.2 Å². The van der Waals surface area contributed by atoms with Gasteiger partial charge in [-0.25, -0.2) is 13.4 Å². The van der Waals surface area contributed by atoms with Gasteiger partial charge in [-0.15, -0.1) is 0 Å². The van der Waals surface area contributed by atoms with E-state index in [1.807, 2.05) is 19.1 Å². The number of carbonyl (C=O) groups excluding carboxylic acids is 1. The molecule has 1 amide bonds. The Balaban J connectivity index is 1.60. The normalized spacial score (nSPS) is 11.6. The lowest BCUT2D eigenvalue weighted by atomic mass is 10.2. The van der Waals surface area contributed by atoms with Crippen molar-refractivity contribution in [3.63, 3.8) is 0 Å². The van der Waals surface area contributed by atoms with Gasteiger partial charge in [-0.3, -0.25) is 9.69 Å². The molecule has 32 heavy (non-hydrogen) atoms. The Morgan fingerprint density at radius 3 is 2.59 bits per heavy atom. The second kappa shape index (κ2) is 9.13. The van der Waals surface area contributed by atoms with Crippen LogP contribution in [0.25, 0.3) is 10.2 Å². The minimum Gasteiger partial charge on any atom is -0.494 e. The van der Waals surface area contributed by atoms with Crippen LogP contribution in [-0.2, 0) is 21.2 Å². The molecule has 4 aromatic rings. The number of fused-ring (bicyclic) bond motifs is 1. The number of ether oxygens (including phenoxy) is 1. The first-order chi connectivity index (χ1) is 15.4. The summed E-state index contributed by atoms with van der Waals surface area (Å²) in [7, 11) is -2.03. The van der Waals surface area contributed by atoms with Crippen LogP contribution >= 0.6 is 11.3 Å². The van der Waals surface area contributed by atoms with Crippen LogP contribution in [0.15, 0.2) is 70.2 Å². The molecule has 0 aliphatic rings. The van der Waals surface area contributed by atoms with E-state index >= 15 is 0 Å². The predicted octanol–water partition coefficient (Wildman–Crippen LogP) is 4.60. The summed E-state index contributed by atoms with van der Waals surface area (Å²) >= 11 is 1.34. The summed E-state index contributed by atoms with van der Waals surface area (Å²) in [5, 5.41) is 0.457. The highest BCUT2D eigenvalue weighted by Gasteiger charge is 2.25. The topological polar surface area (TPSA) is 89.7 Å². The van der Waals surface area contributed by atoms with Gasteiger partial charge < -0.3 is 9.15 Å². The number of aromatic nitrogens is 1. The molecule has 4 rings (SSSR count). The summed E-state index contributed by atoms with van der Waals surface area (Å²) in [6, 6.07) is 15.7. The Morgan fingerprint density at radius 2 is 1.91 bits per heavy atom. The summed E-state index contributed by atoms with van der Waals surface area (Å²) < 4.78 is 37.1. The van der Waals surface area contributed by atoms with Crippen molar-refractivity contribution >= 4 is 42.4 Å². The molecule has 0 aliphatic carbocycles. The number of hydrogen-bond acceptors (Lipinski definition) is 7. The Labute approximate surface area is 190 Å². The number of amides is 1. The fourth-order valence-corrected chi connectivity index (χ4v) is 5.46. The van der Waals surface area contributed by atoms with Crippen molar-refractivity contribution in [2.24, 2.45) is 0 Å². The number of benzene rings is 2. The van der Waals surface area contributed by atoms with E-state index < -0.39 is 9.84 Å². The summed E-state index contributed by atoms with van der Waals surface area (Å²) in [6.07, 6.45) is 1.35. The van der Waals surface area contributed by atoms with Gasteiger partial charge in [-0.2, -0.15) is 0 Å². The number of hydrogen-bond donors (Lipinski definition) is 0. The molecule has 0 atom stereocenters. The number of rotatable bonds is 8. The fourth-order valence-electron chi connectivity index (χ4n) is 3.23. The van der Waals surface area contributed by atoms with Gasteiger partial charge in [0.05, 0.1) is 35.3 Å². The van der Waals surface area contributed by atoms with E-state index in [-0.39, 0.29) is 29.5 Å². The lowest BCUT2D eigenvalue weighted by Crippen LogP contribution is -2.31. The summed E-state index contributed by atoms with van der Waals surface area (Å²) in [5.41, 5.74) is 1.62. The molecule has 0 saturated carbocycles. The molecule has 0 bridgehead atoms. The van der Waals surface area contributed by atoms with Gasteiger partial charge in [0.15, 0.2) is 15.0 Å². The maximum Gasteiger partial charge on any atom is 0.230 e. The van der Waals surface area contributed by atoms with Crippen LogP contribution in [0.1, 0.15) is 17.7 Å². The molecule has 166 valence electrons. The molecule has 0 unspecified atom stereocenters. The van der Waals surface area contributed by atoms with Crippen molar-refractivity contribution in [2.45, 2.75) is 24.8 Å². The number of anilines is 1. The summed E-state index contributed by atoms with van der Waals surface area (Å²) in [4.78, 5) is 19.5. The van der Waals surface area contributed by atoms with Crippen molar-refractivity contribution in [2.75, 3.05) is 17.8 Å². The monoisotopic (exact) mass is 470 g/mol. The number of aryl methyl sites for hydroxylation is 1. The highest BCUT2D eigenvalue weighted by Crippen LogP contribution is 2.35. The second-order valence-electron chi connectivity index (χ2n) is 7.24. The zero-order valence-corrected chi connectivity index (χ0v) is 19.3. The molecule has 2 aromatic heterocycles. The molecular weight excluding hydrogens is 448 g/mol. The molecule has 9 heteroatoms. The third kappa shape index (κ3) is 4.68. The van der Waals surface area contributed by atoms with Crippen LogP contribution in [0, 0.1) is 6.92 Å².